The summed E-state index contributed by atoms with van der Waals surface area (Å²) in [5, 5.41) is 9.11. The smallest absolute Gasteiger partial charge is 0.303 e. The maximum atomic E-state index is 12.9. The SMILES string of the molecule is CC(=O)OC[C@H]1O[C@@H](n2cnc3c(N[C@@H]4c5c(ccc6cc7ccc8ccccc8c7cc56)[C@H](OC(C)=O)[C@@H](OC(C)=O)[C@H]4OC(C)=O)ncnc32)C[C@@H]1OC(C)=O. The number of carbonyl (C=O) groups excluding carboxylic acids is 5. The van der Waals surface area contributed by atoms with Crippen molar-refractivity contribution < 1.29 is 52.4 Å². The van der Waals surface area contributed by atoms with E-state index in [0.29, 0.717) is 22.3 Å². The Kier molecular flexibility index (Phi) is 10.1. The first kappa shape index (κ1) is 38.2. The van der Waals surface area contributed by atoms with Gasteiger partial charge in [0, 0.05) is 46.6 Å². The molecule has 1 fully saturated rings. The minimum Gasteiger partial charge on any atom is -0.463 e. The van der Waals surface area contributed by atoms with Gasteiger partial charge in [0.15, 0.2) is 35.3 Å². The molecule has 298 valence electrons. The number of nitrogens with zero attached hydrogens (tertiary/aromatic N) is 4. The summed E-state index contributed by atoms with van der Waals surface area (Å²) in [4.78, 5) is 75.6. The van der Waals surface area contributed by atoms with E-state index < -0.39 is 72.6 Å². The lowest BCUT2D eigenvalue weighted by atomic mass is 9.78. The molecule has 0 bridgehead atoms. The second-order valence-corrected chi connectivity index (χ2v) is 14.3. The van der Waals surface area contributed by atoms with Crippen LogP contribution in [0.5, 0.6) is 0 Å². The Hall–Kier alpha value is -6.68. The summed E-state index contributed by atoms with van der Waals surface area (Å²) in [6.45, 7) is 6.15. The van der Waals surface area contributed by atoms with Gasteiger partial charge >= 0.3 is 29.8 Å². The van der Waals surface area contributed by atoms with E-state index >= 15 is 0 Å². The molecule has 0 radical (unpaired) electrons. The largest absolute Gasteiger partial charge is 0.463 e. The first-order chi connectivity index (χ1) is 27.9. The third-order valence-corrected chi connectivity index (χ3v) is 10.3. The van der Waals surface area contributed by atoms with Crippen LogP contribution in [0.4, 0.5) is 5.82 Å². The van der Waals surface area contributed by atoms with Crippen molar-refractivity contribution in [2.24, 2.45) is 0 Å². The van der Waals surface area contributed by atoms with Crippen LogP contribution in [0.25, 0.3) is 43.5 Å². The topological polar surface area (TPSA) is 196 Å². The minimum atomic E-state index is -1.27. The maximum Gasteiger partial charge on any atom is 0.303 e. The molecule has 0 unspecified atom stereocenters. The standard InChI is InChI=1S/C42H39N5O11/c1-20(48)53-17-33-32(54-21(2)49)16-34(58-33)47-19-45-37-41(43-18-44-42(37)47)46-36-35-29(38(55-22(3)50)40(57-24(5)52)39(36)56-23(4)51)13-12-27-14-26-11-10-25-8-6-7-9-28(25)30(26)15-31(27)35/h6-15,18-19,32-34,36,38-40H,16-17H2,1-5H3,(H,43,44,46)/t32-,33+,34+,36+,38-,39-,40+/m0/s1. The highest BCUT2D eigenvalue weighted by atomic mass is 16.6. The highest BCUT2D eigenvalue weighted by Crippen LogP contribution is 2.47. The zero-order chi connectivity index (χ0) is 40.8. The summed E-state index contributed by atoms with van der Waals surface area (Å²) in [7, 11) is 0. The van der Waals surface area contributed by atoms with Crippen LogP contribution in [0.3, 0.4) is 0 Å². The molecule has 2 aliphatic rings. The number of esters is 5. The number of benzene rings is 4. The summed E-state index contributed by atoms with van der Waals surface area (Å²) in [5.41, 5.74) is 1.81. The van der Waals surface area contributed by atoms with Gasteiger partial charge in [-0.05, 0) is 50.0 Å². The van der Waals surface area contributed by atoms with Crippen molar-refractivity contribution in [3.8, 4) is 0 Å². The molecule has 8 rings (SSSR count). The van der Waals surface area contributed by atoms with E-state index in [1.54, 1.807) is 4.57 Å². The minimum absolute atomic E-state index is 0.131. The quantitative estimate of drug-likeness (QED) is 0.0810. The van der Waals surface area contributed by atoms with Crippen LogP contribution in [0, 0.1) is 0 Å². The van der Waals surface area contributed by atoms with Gasteiger partial charge in [-0.15, -0.1) is 0 Å². The van der Waals surface area contributed by atoms with Gasteiger partial charge in [0.25, 0.3) is 0 Å². The number of rotatable bonds is 9. The van der Waals surface area contributed by atoms with Gasteiger partial charge in [-0.2, -0.15) is 0 Å². The number of aromatic nitrogens is 4. The fourth-order valence-corrected chi connectivity index (χ4v) is 8.15. The van der Waals surface area contributed by atoms with E-state index in [-0.39, 0.29) is 18.8 Å². The molecule has 7 atom stereocenters. The summed E-state index contributed by atoms with van der Waals surface area (Å²) in [6.07, 6.45) is -2.80. The van der Waals surface area contributed by atoms with Crippen LogP contribution in [-0.2, 0) is 52.4 Å². The fraction of sp³-hybridized carbons (Fsp3) is 0.333. The number of nitrogens with one attached hydrogen (secondary N) is 1. The molecule has 2 aromatic heterocycles. The normalized spacial score (nSPS) is 22.7. The van der Waals surface area contributed by atoms with Crippen molar-refractivity contribution in [2.75, 3.05) is 11.9 Å². The Labute approximate surface area is 330 Å². The highest BCUT2D eigenvalue weighted by molar-refractivity contribution is 6.12. The lowest BCUT2D eigenvalue weighted by Crippen LogP contribution is -2.49. The Morgan fingerprint density at radius 1 is 0.724 bits per heavy atom. The molecule has 0 amide bonds. The predicted molar refractivity (Wildman–Crippen MR) is 207 cm³/mol. The van der Waals surface area contributed by atoms with Crippen LogP contribution in [0.2, 0.25) is 0 Å². The summed E-state index contributed by atoms with van der Waals surface area (Å²) in [5.74, 6) is -2.77. The summed E-state index contributed by atoms with van der Waals surface area (Å²) in [6, 6.07) is 19.1. The Bertz CT molecular complexity index is 2640. The van der Waals surface area contributed by atoms with E-state index in [2.05, 4.69) is 44.5 Å². The molecule has 0 spiro atoms. The highest BCUT2D eigenvalue weighted by Gasteiger charge is 2.50. The molecule has 1 aliphatic heterocycles. The average Bonchev–Trinajstić information content (AvgIpc) is 3.79. The van der Waals surface area contributed by atoms with E-state index in [1.165, 1.54) is 47.3 Å². The van der Waals surface area contributed by atoms with Crippen molar-refractivity contribution in [1.82, 2.24) is 19.5 Å². The van der Waals surface area contributed by atoms with Crippen molar-refractivity contribution in [3.05, 3.63) is 84.4 Å². The van der Waals surface area contributed by atoms with Crippen molar-refractivity contribution >= 4 is 79.1 Å². The Morgan fingerprint density at radius 3 is 2.16 bits per heavy atom. The average molecular weight is 790 g/mol. The molecule has 6 aromatic rings. The van der Waals surface area contributed by atoms with E-state index in [9.17, 15) is 24.0 Å². The van der Waals surface area contributed by atoms with Gasteiger partial charge in [0.05, 0.1) is 12.4 Å². The van der Waals surface area contributed by atoms with Crippen LogP contribution in [0.1, 0.15) is 70.5 Å². The van der Waals surface area contributed by atoms with E-state index in [4.69, 9.17) is 28.4 Å². The first-order valence-corrected chi connectivity index (χ1v) is 18.7. The van der Waals surface area contributed by atoms with Gasteiger partial charge in [-0.1, -0.05) is 48.5 Å². The molecule has 1 aliphatic carbocycles. The van der Waals surface area contributed by atoms with Crippen LogP contribution in [0.15, 0.2) is 73.3 Å². The third-order valence-electron chi connectivity index (χ3n) is 10.3. The molecule has 3 heterocycles. The monoisotopic (exact) mass is 789 g/mol. The molecule has 1 saturated heterocycles. The zero-order valence-corrected chi connectivity index (χ0v) is 32.2. The first-order valence-electron chi connectivity index (χ1n) is 18.7. The maximum absolute atomic E-state index is 12.9. The summed E-state index contributed by atoms with van der Waals surface area (Å²) < 4.78 is 36.4. The van der Waals surface area contributed by atoms with E-state index in [1.807, 2.05) is 36.4 Å². The second kappa shape index (κ2) is 15.3. The molecular formula is C42H39N5O11. The number of fused-ring (bicyclic) bond motifs is 7. The fourth-order valence-electron chi connectivity index (χ4n) is 8.15. The number of ether oxygens (including phenoxy) is 6. The molecule has 0 saturated carbocycles. The summed E-state index contributed by atoms with van der Waals surface area (Å²) >= 11 is 0. The van der Waals surface area contributed by atoms with Gasteiger partial charge in [-0.25, -0.2) is 15.0 Å². The van der Waals surface area contributed by atoms with Gasteiger partial charge in [0.1, 0.15) is 31.4 Å². The lowest BCUT2D eigenvalue weighted by molar-refractivity contribution is -0.187. The molecule has 58 heavy (non-hydrogen) atoms. The van der Waals surface area contributed by atoms with Crippen LogP contribution in [-0.4, -0.2) is 80.4 Å². The lowest BCUT2D eigenvalue weighted by Gasteiger charge is -2.42. The number of hydrogen-bond donors (Lipinski definition) is 1. The number of hydrogen-bond acceptors (Lipinski definition) is 15. The van der Waals surface area contributed by atoms with Crippen molar-refractivity contribution in [3.63, 3.8) is 0 Å². The molecule has 4 aromatic carbocycles. The van der Waals surface area contributed by atoms with E-state index in [0.717, 1.165) is 32.3 Å². The number of imidazole rings is 1. The Balaban J connectivity index is 1.29. The zero-order valence-electron chi connectivity index (χ0n) is 32.2. The number of anilines is 1. The third kappa shape index (κ3) is 7.22. The van der Waals surface area contributed by atoms with Crippen LogP contribution < -0.4 is 5.32 Å². The van der Waals surface area contributed by atoms with Gasteiger partial charge in [0.2, 0.25) is 0 Å². The van der Waals surface area contributed by atoms with Gasteiger partial charge < -0.3 is 33.7 Å². The number of carbonyl (C=O) groups is 5. The van der Waals surface area contributed by atoms with Crippen LogP contribution >= 0.6 is 0 Å². The van der Waals surface area contributed by atoms with Crippen molar-refractivity contribution in [2.45, 2.75) is 83.8 Å². The van der Waals surface area contributed by atoms with Gasteiger partial charge in [-0.3, -0.25) is 28.5 Å². The second-order valence-electron chi connectivity index (χ2n) is 14.3. The molecular weight excluding hydrogens is 750 g/mol. The van der Waals surface area contributed by atoms with Crippen molar-refractivity contribution in [1.29, 1.82) is 0 Å². The molecule has 16 nitrogen and oxygen atoms in total. The molecule has 16 heteroatoms. The predicted octanol–water partition coefficient (Wildman–Crippen LogP) is 5.70. The Morgan fingerprint density at radius 2 is 1.41 bits per heavy atom. The molecule has 1 N–H and O–H groups in total.